The van der Waals surface area contributed by atoms with Gasteiger partial charge in [-0.05, 0) is 35.7 Å². The zero-order valence-corrected chi connectivity index (χ0v) is 15.3. The molecule has 2 aromatic rings. The number of rotatable bonds is 8. The van der Waals surface area contributed by atoms with Crippen LogP contribution in [0, 0.1) is 11.3 Å². The molecule has 0 bridgehead atoms. The van der Waals surface area contributed by atoms with Gasteiger partial charge >= 0.3 is 13.6 Å². The molecule has 2 rings (SSSR count). The molecule has 0 aliphatic heterocycles. The maximum atomic E-state index is 12.6. The zero-order valence-electron chi connectivity index (χ0n) is 13.6. The van der Waals surface area contributed by atoms with Crippen molar-refractivity contribution in [2.45, 2.75) is 5.85 Å². The highest BCUT2D eigenvalue weighted by Crippen LogP contribution is 2.61. The largest absolute Gasteiger partial charge is 0.482 e. The van der Waals surface area contributed by atoms with Gasteiger partial charge in [-0.2, -0.15) is 5.26 Å². The summed E-state index contributed by atoms with van der Waals surface area (Å²) in [7, 11) is -1.21. The van der Waals surface area contributed by atoms with Crippen molar-refractivity contribution in [3.63, 3.8) is 0 Å². The Bertz CT molecular complexity index is 776. The van der Waals surface area contributed by atoms with Gasteiger partial charge in [-0.15, -0.1) is 11.3 Å². The molecule has 0 N–H and O–H groups in total. The second-order valence-corrected chi connectivity index (χ2v) is 7.95. The first-order chi connectivity index (χ1) is 12.0. The number of ether oxygens (including phenoxy) is 2. The summed E-state index contributed by atoms with van der Waals surface area (Å²) in [5.41, 5.74) is 0.480. The molecular formula is C16H16NO6PS. The average Bonchev–Trinajstić information content (AvgIpc) is 3.18. The smallest absolute Gasteiger partial charge is 0.375 e. The Balaban J connectivity index is 2.04. The first-order valence-electron chi connectivity index (χ1n) is 7.09. The van der Waals surface area contributed by atoms with Crippen molar-refractivity contribution in [3.8, 4) is 11.8 Å². The molecule has 25 heavy (non-hydrogen) atoms. The molecule has 0 radical (unpaired) electrons. The lowest BCUT2D eigenvalue weighted by molar-refractivity contribution is -0.148. The summed E-state index contributed by atoms with van der Waals surface area (Å²) < 4.78 is 33.2. The number of hydrogen-bond acceptors (Lipinski definition) is 8. The molecule has 9 heteroatoms. The molecule has 0 saturated heterocycles. The van der Waals surface area contributed by atoms with Gasteiger partial charge in [0.25, 0.3) is 0 Å². The summed E-state index contributed by atoms with van der Waals surface area (Å²) in [6.45, 7) is -0.388. The Labute approximate surface area is 149 Å². The second kappa shape index (κ2) is 8.79. The number of benzene rings is 1. The normalized spacial score (nSPS) is 12.2. The third-order valence-corrected chi connectivity index (χ3v) is 6.23. The zero-order chi connectivity index (χ0) is 18.3. The Kier molecular flexibility index (Phi) is 6.73. The van der Waals surface area contributed by atoms with E-state index >= 15 is 0 Å². The number of carbonyl (C=O) groups excluding carboxylic acids is 1. The van der Waals surface area contributed by atoms with E-state index in [0.717, 1.165) is 0 Å². The fraction of sp³-hybridized carbons (Fsp3) is 0.250. The summed E-state index contributed by atoms with van der Waals surface area (Å²) in [5, 5.41) is 10.5. The lowest BCUT2D eigenvalue weighted by Crippen LogP contribution is -2.19. The van der Waals surface area contributed by atoms with Crippen LogP contribution in [0.5, 0.6) is 5.75 Å². The van der Waals surface area contributed by atoms with E-state index < -0.39 is 19.4 Å². The molecule has 1 unspecified atom stereocenters. The Hall–Kier alpha value is -2.17. The molecule has 1 heterocycles. The third-order valence-electron chi connectivity index (χ3n) is 3.17. The van der Waals surface area contributed by atoms with Gasteiger partial charge in [-0.3, -0.25) is 4.57 Å². The molecule has 0 amide bonds. The van der Waals surface area contributed by atoms with Crippen molar-refractivity contribution < 1.29 is 27.9 Å². The summed E-state index contributed by atoms with van der Waals surface area (Å²) in [4.78, 5) is 12.6. The van der Waals surface area contributed by atoms with Crippen LogP contribution in [0.1, 0.15) is 16.3 Å². The summed E-state index contributed by atoms with van der Waals surface area (Å²) in [5.74, 6) is -1.48. The van der Waals surface area contributed by atoms with Crippen LogP contribution < -0.4 is 4.74 Å². The van der Waals surface area contributed by atoms with Gasteiger partial charge in [0.15, 0.2) is 6.61 Å². The van der Waals surface area contributed by atoms with E-state index in [0.29, 0.717) is 16.2 Å². The topological polar surface area (TPSA) is 94.8 Å². The fourth-order valence-corrected chi connectivity index (χ4v) is 4.28. The van der Waals surface area contributed by atoms with Crippen LogP contribution in [-0.2, 0) is 23.1 Å². The SMILES string of the molecule is COP(=O)(OC)C(OC(=O)COc1ccc(C#N)cc1)c1cccs1. The molecule has 7 nitrogen and oxygen atoms in total. The Morgan fingerprint density at radius 2 is 1.92 bits per heavy atom. The summed E-state index contributed by atoms with van der Waals surface area (Å²) >= 11 is 1.27. The molecule has 0 fully saturated rings. The number of carbonyl (C=O) groups is 1. The van der Waals surface area contributed by atoms with Crippen LogP contribution in [0.4, 0.5) is 0 Å². The molecule has 1 aromatic carbocycles. The predicted molar refractivity (Wildman–Crippen MR) is 91.4 cm³/mol. The first kappa shape index (κ1) is 19.2. The van der Waals surface area contributed by atoms with Gasteiger partial charge < -0.3 is 18.5 Å². The lowest BCUT2D eigenvalue weighted by Gasteiger charge is -2.23. The first-order valence-corrected chi connectivity index (χ1v) is 9.58. The number of esters is 1. The number of nitriles is 1. The van der Waals surface area contributed by atoms with Gasteiger partial charge in [-0.1, -0.05) is 6.07 Å². The van der Waals surface area contributed by atoms with E-state index in [-0.39, 0.29) is 6.61 Å². The second-order valence-electron chi connectivity index (χ2n) is 4.69. The van der Waals surface area contributed by atoms with Crippen LogP contribution in [0.25, 0.3) is 0 Å². The average molecular weight is 381 g/mol. The van der Waals surface area contributed by atoms with Crippen molar-refractivity contribution in [2.24, 2.45) is 0 Å². The van der Waals surface area contributed by atoms with E-state index in [1.54, 1.807) is 41.8 Å². The standard InChI is InChI=1S/C16H16NO6PS/c1-20-24(19,21-2)16(14-4-3-9-25-14)23-15(18)11-22-13-7-5-12(10-17)6-8-13/h3-9,16H,11H2,1-2H3. The van der Waals surface area contributed by atoms with E-state index in [2.05, 4.69) is 0 Å². The quantitative estimate of drug-likeness (QED) is 0.508. The summed E-state index contributed by atoms with van der Waals surface area (Å²) in [6, 6.07) is 11.7. The van der Waals surface area contributed by atoms with E-state index in [4.69, 9.17) is 23.8 Å². The molecule has 1 aromatic heterocycles. The summed E-state index contributed by atoms with van der Waals surface area (Å²) in [6.07, 6.45) is 0. The van der Waals surface area contributed by atoms with Crippen molar-refractivity contribution in [3.05, 3.63) is 52.2 Å². The van der Waals surface area contributed by atoms with Gasteiger partial charge in [0, 0.05) is 14.2 Å². The van der Waals surface area contributed by atoms with Gasteiger partial charge in [0.1, 0.15) is 5.75 Å². The number of hydrogen-bond donors (Lipinski definition) is 0. The van der Waals surface area contributed by atoms with Gasteiger partial charge in [0.05, 0.1) is 16.5 Å². The maximum absolute atomic E-state index is 12.6. The monoisotopic (exact) mass is 381 g/mol. The van der Waals surface area contributed by atoms with E-state index in [9.17, 15) is 9.36 Å². The molecule has 0 aliphatic carbocycles. The van der Waals surface area contributed by atoms with Gasteiger partial charge in [-0.25, -0.2) is 4.79 Å². The molecule has 0 saturated carbocycles. The Morgan fingerprint density at radius 1 is 1.24 bits per heavy atom. The third kappa shape index (κ3) is 4.91. The van der Waals surface area contributed by atoms with E-state index in [1.807, 2.05) is 6.07 Å². The molecular weight excluding hydrogens is 365 g/mol. The predicted octanol–water partition coefficient (Wildman–Crippen LogP) is 3.73. The van der Waals surface area contributed by atoms with Crippen molar-refractivity contribution in [1.29, 1.82) is 5.26 Å². The molecule has 0 spiro atoms. The van der Waals surface area contributed by atoms with E-state index in [1.165, 1.54) is 25.6 Å². The maximum Gasteiger partial charge on any atom is 0.375 e. The Morgan fingerprint density at radius 3 is 2.44 bits per heavy atom. The van der Waals surface area contributed by atoms with Crippen LogP contribution in [-0.4, -0.2) is 26.8 Å². The number of nitrogens with zero attached hydrogens (tertiary/aromatic N) is 1. The minimum Gasteiger partial charge on any atom is -0.482 e. The molecule has 1 atom stereocenters. The van der Waals surface area contributed by atoms with Crippen molar-refractivity contribution in [2.75, 3.05) is 20.8 Å². The minimum absolute atomic E-state index is 0.388. The van der Waals surface area contributed by atoms with Crippen molar-refractivity contribution >= 4 is 24.9 Å². The molecule has 132 valence electrons. The van der Waals surface area contributed by atoms with Crippen LogP contribution >= 0.6 is 18.9 Å². The van der Waals surface area contributed by atoms with Crippen LogP contribution in [0.2, 0.25) is 0 Å². The molecule has 0 aliphatic rings. The number of thiophene rings is 1. The van der Waals surface area contributed by atoms with Gasteiger partial charge in [0.2, 0.25) is 5.85 Å². The van der Waals surface area contributed by atoms with Crippen molar-refractivity contribution in [1.82, 2.24) is 0 Å². The van der Waals surface area contributed by atoms with Crippen LogP contribution in [0.15, 0.2) is 41.8 Å². The lowest BCUT2D eigenvalue weighted by atomic mass is 10.2. The minimum atomic E-state index is -3.66. The highest BCUT2D eigenvalue weighted by molar-refractivity contribution is 7.54. The fourth-order valence-electron chi connectivity index (χ4n) is 1.90. The van der Waals surface area contributed by atoms with Crippen LogP contribution in [0.3, 0.4) is 0 Å². The highest BCUT2D eigenvalue weighted by atomic mass is 32.1. The highest BCUT2D eigenvalue weighted by Gasteiger charge is 2.39.